The molecule has 150 valence electrons. The molecule has 0 aromatic heterocycles. The smallest absolute Gasteiger partial charge is 0.250 e. The van der Waals surface area contributed by atoms with Gasteiger partial charge in [-0.1, -0.05) is 32.6 Å². The molecule has 0 radical (unpaired) electrons. The summed E-state index contributed by atoms with van der Waals surface area (Å²) in [5.41, 5.74) is 1.88. The molecule has 0 spiro atoms. The van der Waals surface area contributed by atoms with Crippen LogP contribution in [0.15, 0.2) is 24.3 Å². The van der Waals surface area contributed by atoms with E-state index < -0.39 is 0 Å². The van der Waals surface area contributed by atoms with Gasteiger partial charge in [-0.3, -0.25) is 9.59 Å². The number of nitrogens with zero attached hydrogens (tertiary/aromatic N) is 2. The van der Waals surface area contributed by atoms with Crippen molar-refractivity contribution >= 4 is 23.2 Å². The summed E-state index contributed by atoms with van der Waals surface area (Å²) in [7, 11) is 1.50. The first-order valence-corrected chi connectivity index (χ1v) is 10.1. The Hall–Kier alpha value is -2.08. The normalized spacial score (nSPS) is 14.3. The van der Waals surface area contributed by atoms with Gasteiger partial charge in [-0.05, 0) is 30.7 Å². The van der Waals surface area contributed by atoms with Crippen LogP contribution >= 0.6 is 0 Å². The lowest BCUT2D eigenvalue weighted by molar-refractivity contribution is -0.131. The number of anilines is 2. The Kier molecular flexibility index (Phi) is 9.11. The summed E-state index contributed by atoms with van der Waals surface area (Å²) in [5, 5.41) is 2.79. The van der Waals surface area contributed by atoms with Crippen molar-refractivity contribution < 1.29 is 14.3 Å². The van der Waals surface area contributed by atoms with Crippen molar-refractivity contribution in [3.05, 3.63) is 24.3 Å². The maximum atomic E-state index is 12.3. The molecule has 2 amide bonds. The highest BCUT2D eigenvalue weighted by Gasteiger charge is 2.20. The number of rotatable bonds is 10. The highest BCUT2D eigenvalue weighted by Crippen LogP contribution is 2.20. The summed E-state index contributed by atoms with van der Waals surface area (Å²) in [6.07, 6.45) is 6.58. The number of carbonyl (C=O) groups is 2. The minimum atomic E-state index is -0.160. The van der Waals surface area contributed by atoms with Gasteiger partial charge >= 0.3 is 0 Å². The second kappa shape index (κ2) is 11.6. The quantitative estimate of drug-likeness (QED) is 0.638. The Morgan fingerprint density at radius 3 is 2.30 bits per heavy atom. The first-order valence-electron chi connectivity index (χ1n) is 10.1. The number of ether oxygens (including phenoxy) is 1. The van der Waals surface area contributed by atoms with E-state index in [2.05, 4.69) is 17.1 Å². The van der Waals surface area contributed by atoms with Crippen LogP contribution < -0.4 is 10.2 Å². The molecule has 27 heavy (non-hydrogen) atoms. The molecule has 1 aromatic rings. The minimum absolute atomic E-state index is 0.0519. The number of benzene rings is 1. The average Bonchev–Trinajstić information content (AvgIpc) is 2.68. The topological polar surface area (TPSA) is 61.9 Å². The molecule has 2 rings (SSSR count). The highest BCUT2D eigenvalue weighted by atomic mass is 16.5. The van der Waals surface area contributed by atoms with E-state index in [4.69, 9.17) is 4.74 Å². The monoisotopic (exact) mass is 375 g/mol. The van der Waals surface area contributed by atoms with E-state index in [-0.39, 0.29) is 12.5 Å². The second-order valence-electron chi connectivity index (χ2n) is 7.06. The van der Waals surface area contributed by atoms with E-state index in [0.29, 0.717) is 12.3 Å². The first-order chi connectivity index (χ1) is 13.1. The molecule has 1 saturated heterocycles. The van der Waals surface area contributed by atoms with Gasteiger partial charge in [0.25, 0.3) is 0 Å². The Balaban J connectivity index is 1.73. The van der Waals surface area contributed by atoms with Gasteiger partial charge in [-0.2, -0.15) is 0 Å². The molecule has 0 bridgehead atoms. The van der Waals surface area contributed by atoms with Crippen LogP contribution in [0.1, 0.15) is 45.4 Å². The standard InChI is InChI=1S/C21H33N3O3/c1-3-4-5-6-7-8-21(26)24-15-13-23(14-16-24)19-11-9-18(10-12-19)22-20(25)17-27-2/h9-12H,3-8,13-17H2,1-2H3,(H,22,25). The van der Waals surface area contributed by atoms with Crippen LogP contribution in [0.5, 0.6) is 0 Å². The van der Waals surface area contributed by atoms with Crippen LogP contribution in [0.25, 0.3) is 0 Å². The van der Waals surface area contributed by atoms with Gasteiger partial charge < -0.3 is 19.9 Å². The van der Waals surface area contributed by atoms with E-state index >= 15 is 0 Å². The van der Waals surface area contributed by atoms with E-state index in [1.54, 1.807) is 0 Å². The molecule has 0 saturated carbocycles. The molecule has 0 unspecified atom stereocenters. The van der Waals surface area contributed by atoms with Crippen LogP contribution in [-0.4, -0.2) is 56.6 Å². The summed E-state index contributed by atoms with van der Waals surface area (Å²) >= 11 is 0. The molecular formula is C21H33N3O3. The van der Waals surface area contributed by atoms with Crippen molar-refractivity contribution in [2.45, 2.75) is 45.4 Å². The number of carbonyl (C=O) groups excluding carboxylic acids is 2. The van der Waals surface area contributed by atoms with Gasteiger partial charge in [0, 0.05) is 51.1 Å². The summed E-state index contributed by atoms with van der Waals surface area (Å²) < 4.78 is 4.81. The maximum Gasteiger partial charge on any atom is 0.250 e. The predicted octanol–water partition coefficient (Wildman–Crippen LogP) is 3.28. The van der Waals surface area contributed by atoms with E-state index in [1.807, 2.05) is 29.2 Å². The molecule has 6 heteroatoms. The molecule has 6 nitrogen and oxygen atoms in total. The molecule has 0 atom stereocenters. The van der Waals surface area contributed by atoms with Crippen molar-refractivity contribution in [2.75, 3.05) is 50.1 Å². The Morgan fingerprint density at radius 1 is 1.00 bits per heavy atom. The van der Waals surface area contributed by atoms with E-state index in [1.165, 1.54) is 26.4 Å². The summed E-state index contributed by atoms with van der Waals surface area (Å²) in [6, 6.07) is 7.81. The third kappa shape index (κ3) is 7.21. The maximum absolute atomic E-state index is 12.3. The van der Waals surface area contributed by atoms with Crippen molar-refractivity contribution in [2.24, 2.45) is 0 Å². The Labute approximate surface area is 162 Å². The summed E-state index contributed by atoms with van der Waals surface area (Å²) in [5.74, 6) is 0.134. The average molecular weight is 376 g/mol. The zero-order valence-electron chi connectivity index (χ0n) is 16.7. The van der Waals surface area contributed by atoms with Crippen LogP contribution in [0.3, 0.4) is 0 Å². The van der Waals surface area contributed by atoms with Gasteiger partial charge in [0.15, 0.2) is 0 Å². The Bertz CT molecular complexity index is 581. The van der Waals surface area contributed by atoms with Gasteiger partial charge in [0.2, 0.25) is 11.8 Å². The lowest BCUT2D eigenvalue weighted by Crippen LogP contribution is -2.48. The molecule has 1 heterocycles. The fourth-order valence-corrected chi connectivity index (χ4v) is 3.34. The molecule has 1 N–H and O–H groups in total. The SMILES string of the molecule is CCCCCCCC(=O)N1CCN(c2ccc(NC(=O)COC)cc2)CC1. The number of methoxy groups -OCH3 is 1. The molecule has 1 aromatic carbocycles. The number of hydrogen-bond acceptors (Lipinski definition) is 4. The molecule has 1 aliphatic heterocycles. The summed E-state index contributed by atoms with van der Waals surface area (Å²) in [4.78, 5) is 28.2. The number of unbranched alkanes of at least 4 members (excludes halogenated alkanes) is 4. The van der Waals surface area contributed by atoms with Crippen LogP contribution in [0, 0.1) is 0 Å². The number of piperazine rings is 1. The number of nitrogens with one attached hydrogen (secondary N) is 1. The van der Waals surface area contributed by atoms with Crippen molar-refractivity contribution in [3.63, 3.8) is 0 Å². The summed E-state index contributed by atoms with van der Waals surface area (Å²) in [6.45, 7) is 5.50. The van der Waals surface area contributed by atoms with E-state index in [0.717, 1.165) is 50.4 Å². The fraction of sp³-hybridized carbons (Fsp3) is 0.619. The predicted molar refractivity (Wildman–Crippen MR) is 109 cm³/mol. The minimum Gasteiger partial charge on any atom is -0.375 e. The third-order valence-corrected chi connectivity index (χ3v) is 4.92. The second-order valence-corrected chi connectivity index (χ2v) is 7.06. The van der Waals surface area contributed by atoms with Gasteiger partial charge in [-0.25, -0.2) is 0 Å². The molecule has 1 aliphatic rings. The van der Waals surface area contributed by atoms with Gasteiger partial charge in [0.05, 0.1) is 0 Å². The van der Waals surface area contributed by atoms with Gasteiger partial charge in [0.1, 0.15) is 6.61 Å². The van der Waals surface area contributed by atoms with Gasteiger partial charge in [-0.15, -0.1) is 0 Å². The first kappa shape index (κ1) is 21.2. The Morgan fingerprint density at radius 2 is 1.67 bits per heavy atom. The van der Waals surface area contributed by atoms with E-state index in [9.17, 15) is 9.59 Å². The largest absolute Gasteiger partial charge is 0.375 e. The third-order valence-electron chi connectivity index (χ3n) is 4.92. The molecule has 1 fully saturated rings. The fourth-order valence-electron chi connectivity index (χ4n) is 3.34. The van der Waals surface area contributed by atoms with Crippen LogP contribution in [0.2, 0.25) is 0 Å². The number of amides is 2. The number of hydrogen-bond donors (Lipinski definition) is 1. The van der Waals surface area contributed by atoms with Crippen molar-refractivity contribution in [1.82, 2.24) is 4.90 Å². The lowest BCUT2D eigenvalue weighted by Gasteiger charge is -2.36. The van der Waals surface area contributed by atoms with Crippen LogP contribution in [0.4, 0.5) is 11.4 Å². The molecular weight excluding hydrogens is 342 g/mol. The lowest BCUT2D eigenvalue weighted by atomic mass is 10.1. The van der Waals surface area contributed by atoms with Crippen LogP contribution in [-0.2, 0) is 14.3 Å². The molecule has 0 aliphatic carbocycles. The van der Waals surface area contributed by atoms with Crippen molar-refractivity contribution in [3.8, 4) is 0 Å². The highest BCUT2D eigenvalue weighted by molar-refractivity contribution is 5.91. The zero-order chi connectivity index (χ0) is 19.5. The van der Waals surface area contributed by atoms with Crippen molar-refractivity contribution in [1.29, 1.82) is 0 Å². The zero-order valence-corrected chi connectivity index (χ0v) is 16.7.